The van der Waals surface area contributed by atoms with Gasteiger partial charge >= 0.3 is 0 Å². The molecule has 0 aromatic rings. The molecule has 1 unspecified atom stereocenters. The van der Waals surface area contributed by atoms with Crippen LogP contribution in [0.3, 0.4) is 0 Å². The molecule has 1 atom stereocenters. The van der Waals surface area contributed by atoms with Gasteiger partial charge in [0, 0.05) is 23.6 Å². The fraction of sp³-hybridized carbons (Fsp3) is 0.722. The van der Waals surface area contributed by atoms with Crippen molar-refractivity contribution in [1.29, 1.82) is 0 Å². The van der Waals surface area contributed by atoms with Crippen LogP contribution in [0.25, 0.3) is 0 Å². The van der Waals surface area contributed by atoms with Crippen molar-refractivity contribution in [1.82, 2.24) is 0 Å². The van der Waals surface area contributed by atoms with Crippen LogP contribution in [0.15, 0.2) is 16.8 Å². The van der Waals surface area contributed by atoms with E-state index in [2.05, 4.69) is 16.8 Å². The first kappa shape index (κ1) is 13.4. The molecule has 1 heterocycles. The first-order valence-electron chi connectivity index (χ1n) is 8.34. The molecule has 0 spiro atoms. The third-order valence-electron chi connectivity index (χ3n) is 6.07. The Morgan fingerprint density at radius 3 is 2.29 bits per heavy atom. The Morgan fingerprint density at radius 2 is 1.76 bits per heavy atom. The highest BCUT2D eigenvalue weighted by Gasteiger charge is 2.53. The quantitative estimate of drug-likeness (QED) is 0.727. The lowest BCUT2D eigenvalue weighted by atomic mass is 9.48. The Labute approximate surface area is 126 Å². The number of amidine groups is 1. The van der Waals surface area contributed by atoms with Gasteiger partial charge in [-0.2, -0.15) is 0 Å². The Morgan fingerprint density at radius 1 is 1.14 bits per heavy atom. The molecular formula is C18H24N2O. The molecule has 4 saturated carbocycles. The highest BCUT2D eigenvalue weighted by molar-refractivity contribution is 5.82. The molecule has 3 N–H and O–H groups in total. The fourth-order valence-corrected chi connectivity index (χ4v) is 5.47. The Bertz CT molecular complexity index is 528. The van der Waals surface area contributed by atoms with Crippen LogP contribution < -0.4 is 5.73 Å². The fourth-order valence-electron chi connectivity index (χ4n) is 5.47. The van der Waals surface area contributed by atoms with E-state index in [1.54, 1.807) is 6.20 Å². The minimum absolute atomic E-state index is 0.0965. The normalized spacial score (nSPS) is 41.9. The number of nitrogens with zero attached hydrogens (tertiary/aromatic N) is 1. The predicted octanol–water partition coefficient (Wildman–Crippen LogP) is 2.60. The van der Waals surface area contributed by atoms with Gasteiger partial charge in [-0.1, -0.05) is 11.8 Å². The van der Waals surface area contributed by atoms with E-state index >= 15 is 0 Å². The standard InChI is InChI=1S/C18H24N2O/c19-17-4-2-12(11-20-17)1-3-16(21)18-8-13-5-14(9-18)7-15(6-13)10-18/h11,13-16,21H,2,4-10H2,(H2,19,20). The Kier molecular flexibility index (Phi) is 3.11. The molecule has 4 fully saturated rings. The molecule has 0 saturated heterocycles. The molecule has 0 aromatic heterocycles. The van der Waals surface area contributed by atoms with Gasteiger partial charge in [0.1, 0.15) is 6.10 Å². The van der Waals surface area contributed by atoms with Crippen LogP contribution in [0, 0.1) is 35.0 Å². The van der Waals surface area contributed by atoms with Crippen molar-refractivity contribution in [3.8, 4) is 11.8 Å². The maximum Gasteiger partial charge on any atom is 0.120 e. The van der Waals surface area contributed by atoms with Gasteiger partial charge < -0.3 is 10.8 Å². The topological polar surface area (TPSA) is 58.6 Å². The molecule has 4 bridgehead atoms. The number of allylic oxidation sites excluding steroid dienone is 1. The SMILES string of the molecule is NC1=NC=C(C#CC(O)C23CC4CC(CC(C4)C2)C3)CC1. The molecule has 21 heavy (non-hydrogen) atoms. The Hall–Kier alpha value is -1.27. The lowest BCUT2D eigenvalue weighted by Gasteiger charge is -2.57. The first-order valence-corrected chi connectivity index (χ1v) is 8.34. The van der Waals surface area contributed by atoms with Crippen molar-refractivity contribution in [2.24, 2.45) is 33.9 Å². The summed E-state index contributed by atoms with van der Waals surface area (Å²) in [5.74, 6) is 9.56. The number of hydrogen-bond donors (Lipinski definition) is 2. The van der Waals surface area contributed by atoms with Crippen LogP contribution in [0.2, 0.25) is 0 Å². The van der Waals surface area contributed by atoms with Crippen molar-refractivity contribution in [3.63, 3.8) is 0 Å². The summed E-state index contributed by atoms with van der Waals surface area (Å²) in [6.07, 6.45) is 10.7. The Balaban J connectivity index is 1.52. The molecular weight excluding hydrogens is 260 g/mol. The average Bonchev–Trinajstić information content (AvgIpc) is 2.45. The second-order valence-electron chi connectivity index (χ2n) is 7.73. The third kappa shape index (κ3) is 2.40. The van der Waals surface area contributed by atoms with Gasteiger partial charge in [0.2, 0.25) is 0 Å². The molecule has 5 aliphatic rings. The van der Waals surface area contributed by atoms with E-state index in [1.165, 1.54) is 38.5 Å². The molecule has 3 nitrogen and oxygen atoms in total. The van der Waals surface area contributed by atoms with Crippen LogP contribution in [0.5, 0.6) is 0 Å². The number of rotatable bonds is 1. The predicted molar refractivity (Wildman–Crippen MR) is 83.3 cm³/mol. The van der Waals surface area contributed by atoms with Crippen LogP contribution in [0.4, 0.5) is 0 Å². The second kappa shape index (κ2) is 4.88. The van der Waals surface area contributed by atoms with E-state index in [0.717, 1.165) is 36.2 Å². The van der Waals surface area contributed by atoms with Crippen molar-refractivity contribution in [3.05, 3.63) is 11.8 Å². The van der Waals surface area contributed by atoms with Crippen molar-refractivity contribution in [2.75, 3.05) is 0 Å². The zero-order valence-electron chi connectivity index (χ0n) is 12.5. The van der Waals surface area contributed by atoms with E-state index in [4.69, 9.17) is 5.73 Å². The molecule has 1 aliphatic heterocycles. The van der Waals surface area contributed by atoms with E-state index in [9.17, 15) is 5.11 Å². The monoisotopic (exact) mass is 284 g/mol. The second-order valence-corrected chi connectivity index (χ2v) is 7.73. The maximum atomic E-state index is 10.7. The third-order valence-corrected chi connectivity index (χ3v) is 6.07. The summed E-state index contributed by atoms with van der Waals surface area (Å²) in [5.41, 5.74) is 6.77. The smallest absolute Gasteiger partial charge is 0.120 e. The number of aliphatic hydroxyl groups is 1. The van der Waals surface area contributed by atoms with Crippen LogP contribution in [-0.2, 0) is 0 Å². The summed E-state index contributed by atoms with van der Waals surface area (Å²) in [4.78, 5) is 4.13. The number of nitrogens with two attached hydrogens (primary N) is 1. The van der Waals surface area contributed by atoms with E-state index in [-0.39, 0.29) is 5.41 Å². The summed E-state index contributed by atoms with van der Waals surface area (Å²) < 4.78 is 0. The van der Waals surface area contributed by atoms with Gasteiger partial charge in [-0.25, -0.2) is 4.99 Å². The number of aliphatic imine (C=N–C) groups is 1. The van der Waals surface area contributed by atoms with E-state index < -0.39 is 6.10 Å². The van der Waals surface area contributed by atoms with Crippen molar-refractivity contribution < 1.29 is 5.11 Å². The van der Waals surface area contributed by atoms with Crippen LogP contribution in [-0.4, -0.2) is 17.0 Å². The summed E-state index contributed by atoms with van der Waals surface area (Å²) in [5, 5.41) is 10.7. The van der Waals surface area contributed by atoms with Gasteiger partial charge in [-0.3, -0.25) is 0 Å². The highest BCUT2D eigenvalue weighted by atomic mass is 16.3. The van der Waals surface area contributed by atoms with Crippen LogP contribution in [0.1, 0.15) is 51.4 Å². The van der Waals surface area contributed by atoms with Gasteiger partial charge in [-0.15, -0.1) is 0 Å². The summed E-state index contributed by atoms with van der Waals surface area (Å²) in [6.45, 7) is 0. The number of hydrogen-bond acceptors (Lipinski definition) is 3. The van der Waals surface area contributed by atoms with Crippen LogP contribution >= 0.6 is 0 Å². The zero-order chi connectivity index (χ0) is 14.4. The molecule has 112 valence electrons. The summed E-state index contributed by atoms with van der Waals surface area (Å²) in [6, 6.07) is 0. The van der Waals surface area contributed by atoms with Gasteiger partial charge in [0.25, 0.3) is 0 Å². The van der Waals surface area contributed by atoms with Gasteiger partial charge in [0.05, 0.1) is 5.84 Å². The lowest BCUT2D eigenvalue weighted by Crippen LogP contribution is -2.51. The van der Waals surface area contributed by atoms with Crippen molar-refractivity contribution >= 4 is 5.84 Å². The van der Waals surface area contributed by atoms with Gasteiger partial charge in [0.15, 0.2) is 0 Å². The molecule has 5 rings (SSSR count). The molecule has 4 aliphatic carbocycles. The summed E-state index contributed by atoms with van der Waals surface area (Å²) in [7, 11) is 0. The molecule has 3 heteroatoms. The van der Waals surface area contributed by atoms with Gasteiger partial charge in [-0.05, 0) is 62.7 Å². The molecule has 0 radical (unpaired) electrons. The number of aliphatic hydroxyl groups excluding tert-OH is 1. The molecule has 0 aromatic carbocycles. The first-order chi connectivity index (χ1) is 10.1. The van der Waals surface area contributed by atoms with Crippen molar-refractivity contribution in [2.45, 2.75) is 57.5 Å². The molecule has 0 amide bonds. The highest BCUT2D eigenvalue weighted by Crippen LogP contribution is 2.61. The van der Waals surface area contributed by atoms with E-state index in [0.29, 0.717) is 5.84 Å². The summed E-state index contributed by atoms with van der Waals surface area (Å²) >= 11 is 0. The minimum Gasteiger partial charge on any atom is -0.387 e. The zero-order valence-corrected chi connectivity index (χ0v) is 12.5. The largest absolute Gasteiger partial charge is 0.387 e. The van der Waals surface area contributed by atoms with E-state index in [1.807, 2.05) is 0 Å². The minimum atomic E-state index is -0.463. The lowest BCUT2D eigenvalue weighted by molar-refractivity contribution is -0.101. The maximum absolute atomic E-state index is 10.7. The average molecular weight is 284 g/mol.